The maximum atomic E-state index is 14.4. The number of rotatable bonds is 5. The number of para-hydroxylation sites is 1. The van der Waals surface area contributed by atoms with E-state index in [0.29, 0.717) is 17.0 Å². The second kappa shape index (κ2) is 9.24. The molecule has 3 aromatic rings. The first-order chi connectivity index (χ1) is 16.2. The summed E-state index contributed by atoms with van der Waals surface area (Å²) in [5.41, 5.74) is 0.482. The summed E-state index contributed by atoms with van der Waals surface area (Å²) in [6.07, 6.45) is 0. The van der Waals surface area contributed by atoms with Crippen LogP contribution >= 0.6 is 0 Å². The highest BCUT2D eigenvalue weighted by atomic mass is 32.2. The van der Waals surface area contributed by atoms with Gasteiger partial charge in [0.1, 0.15) is 17.6 Å². The topological polar surface area (TPSA) is 104 Å². The van der Waals surface area contributed by atoms with Crippen molar-refractivity contribution in [1.29, 1.82) is 0 Å². The Hall–Kier alpha value is -3.76. The number of nitrogens with zero attached hydrogens (tertiary/aromatic N) is 2. The third-order valence-electron chi connectivity index (χ3n) is 5.61. The van der Waals surface area contributed by atoms with Gasteiger partial charge in [0.2, 0.25) is 10.0 Å². The molecule has 176 valence electrons. The number of carbonyl (C=O) groups excluding carboxylic acids is 1. The number of ether oxygens (including phenoxy) is 1. The highest BCUT2D eigenvalue weighted by molar-refractivity contribution is 7.89. The minimum atomic E-state index is -4.28. The van der Waals surface area contributed by atoms with Crippen molar-refractivity contribution in [1.82, 2.24) is 4.31 Å². The van der Waals surface area contributed by atoms with Crippen molar-refractivity contribution in [2.45, 2.75) is 17.5 Å². The number of carbonyl (C=O) groups is 2. The maximum absolute atomic E-state index is 14.4. The van der Waals surface area contributed by atoms with Crippen molar-refractivity contribution in [3.05, 3.63) is 89.7 Å². The molecule has 34 heavy (non-hydrogen) atoms. The number of amides is 1. The van der Waals surface area contributed by atoms with Crippen LogP contribution in [0.25, 0.3) is 0 Å². The zero-order valence-electron chi connectivity index (χ0n) is 18.1. The van der Waals surface area contributed by atoms with E-state index in [1.807, 2.05) is 0 Å². The highest BCUT2D eigenvalue weighted by Gasteiger charge is 2.42. The van der Waals surface area contributed by atoms with Crippen LogP contribution in [0.2, 0.25) is 0 Å². The second-order valence-electron chi connectivity index (χ2n) is 7.60. The van der Waals surface area contributed by atoms with E-state index in [9.17, 15) is 27.5 Å². The quantitative estimate of drug-likeness (QED) is 0.597. The summed E-state index contributed by atoms with van der Waals surface area (Å²) in [7, 11) is -2.84. The van der Waals surface area contributed by atoms with Crippen molar-refractivity contribution in [3.63, 3.8) is 0 Å². The lowest BCUT2D eigenvalue weighted by Gasteiger charge is -2.28. The summed E-state index contributed by atoms with van der Waals surface area (Å²) >= 11 is 0. The van der Waals surface area contributed by atoms with Gasteiger partial charge in [0.25, 0.3) is 5.91 Å². The van der Waals surface area contributed by atoms with Crippen molar-refractivity contribution in [2.24, 2.45) is 0 Å². The fourth-order valence-electron chi connectivity index (χ4n) is 3.86. The van der Waals surface area contributed by atoms with Gasteiger partial charge in [0, 0.05) is 12.2 Å². The van der Waals surface area contributed by atoms with Crippen LogP contribution in [0.3, 0.4) is 0 Å². The molecule has 0 aliphatic carbocycles. The summed E-state index contributed by atoms with van der Waals surface area (Å²) in [6, 6.07) is 15.8. The number of hydrogen-bond acceptors (Lipinski definition) is 5. The first-order valence-electron chi connectivity index (χ1n) is 10.3. The van der Waals surface area contributed by atoms with Gasteiger partial charge in [-0.3, -0.25) is 9.59 Å². The molecule has 0 radical (unpaired) electrons. The van der Waals surface area contributed by atoms with Gasteiger partial charge in [-0.25, -0.2) is 12.8 Å². The number of carboxylic acid groups (broad SMARTS) is 1. The second-order valence-corrected chi connectivity index (χ2v) is 9.49. The fraction of sp³-hybridized carbons (Fsp3) is 0.167. The maximum Gasteiger partial charge on any atom is 0.323 e. The van der Waals surface area contributed by atoms with Crippen molar-refractivity contribution in [3.8, 4) is 5.75 Å². The van der Waals surface area contributed by atoms with E-state index >= 15 is 0 Å². The SMILES string of the molecule is COc1ccc(S(=O)(=O)N2Cc3ccccc3N(C(=O)c3ccccc3F)CC2C(=O)O)cc1. The normalized spacial score (nSPS) is 16.4. The monoisotopic (exact) mass is 484 g/mol. The zero-order chi connectivity index (χ0) is 24.5. The molecule has 1 amide bonds. The lowest BCUT2D eigenvalue weighted by atomic mass is 10.1. The summed E-state index contributed by atoms with van der Waals surface area (Å²) in [5.74, 6) is -2.52. The first kappa shape index (κ1) is 23.4. The molecule has 1 N–H and O–H groups in total. The van der Waals surface area contributed by atoms with Crippen molar-refractivity contribution in [2.75, 3.05) is 18.6 Å². The highest BCUT2D eigenvalue weighted by Crippen LogP contribution is 2.32. The van der Waals surface area contributed by atoms with Crippen LogP contribution in [0.1, 0.15) is 15.9 Å². The van der Waals surface area contributed by atoms with Gasteiger partial charge < -0.3 is 14.7 Å². The largest absolute Gasteiger partial charge is 0.497 e. The average Bonchev–Trinajstić information content (AvgIpc) is 3.02. The third-order valence-corrected chi connectivity index (χ3v) is 7.48. The molecule has 0 bridgehead atoms. The molecule has 0 fully saturated rings. The van der Waals surface area contributed by atoms with E-state index in [2.05, 4.69) is 0 Å². The number of halogens is 1. The van der Waals surface area contributed by atoms with Crippen LogP contribution in [0, 0.1) is 5.82 Å². The van der Waals surface area contributed by atoms with Crippen LogP contribution in [0.15, 0.2) is 77.7 Å². The molecule has 10 heteroatoms. The van der Waals surface area contributed by atoms with E-state index in [4.69, 9.17) is 4.74 Å². The van der Waals surface area contributed by atoms with Crippen LogP contribution in [-0.2, 0) is 21.4 Å². The zero-order valence-corrected chi connectivity index (χ0v) is 18.9. The number of sulfonamides is 1. The van der Waals surface area contributed by atoms with Gasteiger partial charge in [-0.2, -0.15) is 4.31 Å². The molecule has 0 saturated carbocycles. The number of methoxy groups -OCH3 is 1. The van der Waals surface area contributed by atoms with Crippen molar-refractivity contribution < 1.29 is 32.2 Å². The number of carboxylic acids is 1. The minimum Gasteiger partial charge on any atom is -0.497 e. The van der Waals surface area contributed by atoms with Gasteiger partial charge in [0.05, 0.1) is 24.1 Å². The Morgan fingerprint density at radius 1 is 1.00 bits per heavy atom. The van der Waals surface area contributed by atoms with Crippen LogP contribution < -0.4 is 9.64 Å². The summed E-state index contributed by atoms with van der Waals surface area (Å²) in [5, 5.41) is 9.99. The predicted octanol–water partition coefficient (Wildman–Crippen LogP) is 3.14. The van der Waals surface area contributed by atoms with E-state index in [1.54, 1.807) is 24.3 Å². The molecule has 1 aliphatic rings. The number of fused-ring (bicyclic) bond motifs is 1. The van der Waals surface area contributed by atoms with Gasteiger partial charge in [0.15, 0.2) is 0 Å². The van der Waals surface area contributed by atoms with Crippen LogP contribution in [-0.4, -0.2) is 49.4 Å². The van der Waals surface area contributed by atoms with Crippen molar-refractivity contribution >= 4 is 27.6 Å². The lowest BCUT2D eigenvalue weighted by Crippen LogP contribution is -2.50. The fourth-order valence-corrected chi connectivity index (χ4v) is 5.41. The molecule has 0 spiro atoms. The predicted molar refractivity (Wildman–Crippen MR) is 122 cm³/mol. The van der Waals surface area contributed by atoms with Gasteiger partial charge in [-0.15, -0.1) is 0 Å². The summed E-state index contributed by atoms with van der Waals surface area (Å²) in [6.45, 7) is -0.794. The standard InChI is InChI=1S/C24H21FN2O6S/c1-33-17-10-12-18(13-11-17)34(31,32)27-14-16-6-2-5-9-21(16)26(15-22(27)24(29)30)23(28)19-7-3-4-8-20(19)25/h2-13,22H,14-15H2,1H3,(H,29,30). The Morgan fingerprint density at radius 3 is 2.29 bits per heavy atom. The van der Waals surface area contributed by atoms with Gasteiger partial charge in [-0.1, -0.05) is 30.3 Å². The summed E-state index contributed by atoms with van der Waals surface area (Å²) in [4.78, 5) is 26.6. The number of hydrogen-bond donors (Lipinski definition) is 1. The van der Waals surface area contributed by atoms with Gasteiger partial charge in [-0.05, 0) is 48.0 Å². The molecule has 0 saturated heterocycles. The molecular formula is C24H21FN2O6S. The first-order valence-corrected chi connectivity index (χ1v) is 11.7. The number of benzene rings is 3. The molecule has 1 heterocycles. The molecule has 4 rings (SSSR count). The molecule has 1 atom stereocenters. The molecule has 0 aromatic heterocycles. The number of aliphatic carboxylic acids is 1. The van der Waals surface area contributed by atoms with Gasteiger partial charge >= 0.3 is 5.97 Å². The molecule has 3 aromatic carbocycles. The average molecular weight is 485 g/mol. The molecule has 1 aliphatic heterocycles. The van der Waals surface area contributed by atoms with E-state index in [0.717, 1.165) is 15.3 Å². The smallest absolute Gasteiger partial charge is 0.323 e. The minimum absolute atomic E-state index is 0.120. The third kappa shape index (κ3) is 4.25. The Kier molecular flexibility index (Phi) is 6.36. The van der Waals surface area contributed by atoms with E-state index in [1.165, 1.54) is 49.6 Å². The number of anilines is 1. The van der Waals surface area contributed by atoms with Crippen LogP contribution in [0.4, 0.5) is 10.1 Å². The molecular weight excluding hydrogens is 463 g/mol. The molecule has 8 nitrogen and oxygen atoms in total. The van der Waals surface area contributed by atoms with E-state index < -0.39 is 40.3 Å². The molecule has 1 unspecified atom stereocenters. The summed E-state index contributed by atoms with van der Waals surface area (Å²) < 4.78 is 47.4. The Balaban J connectivity index is 1.82. The lowest BCUT2D eigenvalue weighted by molar-refractivity contribution is -0.141. The van der Waals surface area contributed by atoms with Crippen LogP contribution in [0.5, 0.6) is 5.75 Å². The Labute approximate surface area is 195 Å². The Morgan fingerprint density at radius 2 is 1.65 bits per heavy atom. The Bertz CT molecular complexity index is 1340. The van der Waals surface area contributed by atoms with E-state index in [-0.39, 0.29) is 17.0 Å².